The minimum Gasteiger partial charge on any atom is -0.379 e. The molecule has 0 radical (unpaired) electrons. The van der Waals surface area contributed by atoms with E-state index in [1.165, 1.54) is 11.8 Å². The molecule has 1 N–H and O–H groups in total. The molecule has 6 heteroatoms. The number of terminal acetylenes is 1. The number of rotatable bonds is 6. The van der Waals surface area contributed by atoms with Crippen LogP contribution in [0.25, 0.3) is 0 Å². The van der Waals surface area contributed by atoms with Crippen LogP contribution in [0.15, 0.2) is 18.2 Å². The Morgan fingerprint density at radius 3 is 3.00 bits per heavy atom. The Morgan fingerprint density at radius 2 is 2.35 bits per heavy atom. The van der Waals surface area contributed by atoms with Gasteiger partial charge in [-0.1, -0.05) is 5.92 Å². The zero-order valence-corrected chi connectivity index (χ0v) is 9.80. The number of nitro groups is 1. The predicted octanol–water partition coefficient (Wildman–Crippen LogP) is 2.51. The van der Waals surface area contributed by atoms with Crippen LogP contribution in [0.5, 0.6) is 0 Å². The summed E-state index contributed by atoms with van der Waals surface area (Å²) in [7, 11) is 0. The van der Waals surface area contributed by atoms with Crippen molar-refractivity contribution in [3.63, 3.8) is 0 Å². The number of thioether (sulfide) groups is 1. The molecule has 1 rings (SSSR count). The van der Waals surface area contributed by atoms with E-state index in [1.807, 2.05) is 0 Å². The average molecular weight is 254 g/mol. The number of halogens is 1. The first-order valence-electron chi connectivity index (χ1n) is 4.84. The molecule has 0 spiro atoms. The van der Waals surface area contributed by atoms with Gasteiger partial charge in [0.05, 0.1) is 10.7 Å². The minimum atomic E-state index is -0.545. The molecule has 90 valence electrons. The fourth-order valence-electron chi connectivity index (χ4n) is 1.20. The van der Waals surface area contributed by atoms with Crippen molar-refractivity contribution in [1.29, 1.82) is 0 Å². The van der Waals surface area contributed by atoms with Crippen LogP contribution in [0.4, 0.5) is 15.8 Å². The number of anilines is 1. The lowest BCUT2D eigenvalue weighted by atomic mass is 10.2. The van der Waals surface area contributed by atoms with Gasteiger partial charge in [-0.25, -0.2) is 4.39 Å². The summed E-state index contributed by atoms with van der Waals surface area (Å²) >= 11 is 1.53. The Balaban J connectivity index is 2.60. The molecule has 0 heterocycles. The Labute approximate surface area is 103 Å². The van der Waals surface area contributed by atoms with Gasteiger partial charge >= 0.3 is 0 Å². The van der Waals surface area contributed by atoms with Gasteiger partial charge in [-0.3, -0.25) is 10.1 Å². The first kappa shape index (κ1) is 13.3. The third-order valence-electron chi connectivity index (χ3n) is 1.90. The largest absolute Gasteiger partial charge is 0.379 e. The van der Waals surface area contributed by atoms with Crippen molar-refractivity contribution < 1.29 is 9.31 Å². The third kappa shape index (κ3) is 4.33. The van der Waals surface area contributed by atoms with E-state index in [-0.39, 0.29) is 11.4 Å². The Hall–Kier alpha value is -1.74. The van der Waals surface area contributed by atoms with Crippen LogP contribution in [0.2, 0.25) is 0 Å². The molecule has 0 bridgehead atoms. The zero-order chi connectivity index (χ0) is 12.7. The lowest BCUT2D eigenvalue weighted by Crippen LogP contribution is -2.06. The summed E-state index contributed by atoms with van der Waals surface area (Å²) in [5, 5.41) is 13.5. The molecule has 4 nitrogen and oxygen atoms in total. The maximum Gasteiger partial charge on any atom is 0.292 e. The van der Waals surface area contributed by atoms with Gasteiger partial charge in [0.1, 0.15) is 11.5 Å². The van der Waals surface area contributed by atoms with E-state index in [4.69, 9.17) is 6.42 Å². The second-order valence-corrected chi connectivity index (χ2v) is 4.21. The van der Waals surface area contributed by atoms with E-state index in [0.717, 1.165) is 18.2 Å². The number of hydrogen-bond acceptors (Lipinski definition) is 4. The quantitative estimate of drug-likeness (QED) is 0.367. The molecule has 0 aromatic heterocycles. The summed E-state index contributed by atoms with van der Waals surface area (Å²) in [5.41, 5.74) is 0.0599. The van der Waals surface area contributed by atoms with Gasteiger partial charge < -0.3 is 5.32 Å². The van der Waals surface area contributed by atoms with E-state index in [2.05, 4.69) is 11.2 Å². The fourth-order valence-corrected chi connectivity index (χ4v) is 1.71. The topological polar surface area (TPSA) is 55.2 Å². The first-order chi connectivity index (χ1) is 8.15. The smallest absolute Gasteiger partial charge is 0.292 e. The Bertz CT molecular complexity index is 446. The van der Waals surface area contributed by atoms with Gasteiger partial charge in [0.2, 0.25) is 0 Å². The predicted molar refractivity (Wildman–Crippen MR) is 67.7 cm³/mol. The SMILES string of the molecule is C#CCSCCNc1cc(F)ccc1[N+](=O)[O-]. The zero-order valence-electron chi connectivity index (χ0n) is 8.98. The number of nitro benzene ring substituents is 1. The van der Waals surface area contributed by atoms with Gasteiger partial charge in [-0.05, 0) is 6.07 Å². The number of hydrogen-bond donors (Lipinski definition) is 1. The molecule has 0 saturated carbocycles. The highest BCUT2D eigenvalue weighted by atomic mass is 32.2. The lowest BCUT2D eigenvalue weighted by Gasteiger charge is -2.06. The highest BCUT2D eigenvalue weighted by Crippen LogP contribution is 2.24. The van der Waals surface area contributed by atoms with E-state index in [1.54, 1.807) is 0 Å². The van der Waals surface area contributed by atoms with Crippen LogP contribution < -0.4 is 5.32 Å². The molecule has 0 saturated heterocycles. The van der Waals surface area contributed by atoms with E-state index < -0.39 is 10.7 Å². The summed E-state index contributed by atoms with van der Waals surface area (Å²) in [4.78, 5) is 10.1. The summed E-state index contributed by atoms with van der Waals surface area (Å²) in [6.45, 7) is 0.497. The van der Waals surface area contributed by atoms with Crippen molar-refractivity contribution in [3.05, 3.63) is 34.1 Å². The highest BCUT2D eigenvalue weighted by molar-refractivity contribution is 7.99. The maximum atomic E-state index is 12.9. The molecule has 0 aliphatic rings. The van der Waals surface area contributed by atoms with E-state index in [9.17, 15) is 14.5 Å². The van der Waals surface area contributed by atoms with Crippen molar-refractivity contribution in [2.24, 2.45) is 0 Å². The average Bonchev–Trinajstić information content (AvgIpc) is 2.28. The molecule has 0 amide bonds. The number of benzene rings is 1. The van der Waals surface area contributed by atoms with E-state index in [0.29, 0.717) is 18.1 Å². The number of nitrogens with zero attached hydrogens (tertiary/aromatic N) is 1. The molecule has 0 aliphatic carbocycles. The summed E-state index contributed by atoms with van der Waals surface area (Å²) in [6, 6.07) is 3.33. The molecule has 1 aromatic rings. The lowest BCUT2D eigenvalue weighted by molar-refractivity contribution is -0.384. The molecule has 17 heavy (non-hydrogen) atoms. The van der Waals surface area contributed by atoms with Crippen LogP contribution in [-0.2, 0) is 0 Å². The van der Waals surface area contributed by atoms with Gasteiger partial charge in [0.15, 0.2) is 0 Å². The van der Waals surface area contributed by atoms with Crippen LogP contribution in [-0.4, -0.2) is 23.0 Å². The van der Waals surface area contributed by atoms with Crippen molar-refractivity contribution in [1.82, 2.24) is 0 Å². The van der Waals surface area contributed by atoms with Crippen molar-refractivity contribution in [2.75, 3.05) is 23.4 Å². The second-order valence-electron chi connectivity index (χ2n) is 3.10. The number of nitrogens with one attached hydrogen (secondary N) is 1. The van der Waals surface area contributed by atoms with Crippen LogP contribution in [0, 0.1) is 28.3 Å². The molecule has 1 aromatic carbocycles. The minimum absolute atomic E-state index is 0.131. The third-order valence-corrected chi connectivity index (χ3v) is 2.77. The maximum absolute atomic E-state index is 12.9. The standard InChI is InChI=1S/C11H11FN2O2S/c1-2-6-17-7-5-13-10-8-9(12)3-4-11(10)14(15)16/h1,3-4,8,13H,5-7H2. The van der Waals surface area contributed by atoms with Crippen molar-refractivity contribution in [2.45, 2.75) is 0 Å². The summed E-state index contributed by atoms with van der Waals surface area (Å²) in [5.74, 6) is 3.26. The second kappa shape index (κ2) is 6.76. The van der Waals surface area contributed by atoms with E-state index >= 15 is 0 Å². The fraction of sp³-hybridized carbons (Fsp3) is 0.273. The highest BCUT2D eigenvalue weighted by Gasteiger charge is 2.13. The molecular weight excluding hydrogens is 243 g/mol. The van der Waals surface area contributed by atoms with Crippen molar-refractivity contribution in [3.8, 4) is 12.3 Å². The summed E-state index contributed by atoms with van der Waals surface area (Å²) in [6.07, 6.45) is 5.08. The molecule has 0 aliphatic heterocycles. The van der Waals surface area contributed by atoms with Crippen LogP contribution >= 0.6 is 11.8 Å². The normalized spacial score (nSPS) is 9.65. The Kier molecular flexibility index (Phi) is 5.30. The monoisotopic (exact) mass is 254 g/mol. The van der Waals surface area contributed by atoms with Gasteiger partial charge in [0, 0.05) is 24.4 Å². The Morgan fingerprint density at radius 1 is 1.59 bits per heavy atom. The van der Waals surface area contributed by atoms with Crippen LogP contribution in [0.3, 0.4) is 0 Å². The summed E-state index contributed by atoms with van der Waals surface area (Å²) < 4.78 is 12.9. The van der Waals surface area contributed by atoms with Crippen molar-refractivity contribution >= 4 is 23.1 Å². The van der Waals surface area contributed by atoms with Gasteiger partial charge in [-0.2, -0.15) is 0 Å². The molecule has 0 atom stereocenters. The molecular formula is C11H11FN2O2S. The van der Waals surface area contributed by atoms with Gasteiger partial charge in [0.25, 0.3) is 5.69 Å². The first-order valence-corrected chi connectivity index (χ1v) is 5.99. The molecule has 0 fully saturated rings. The van der Waals surface area contributed by atoms with Gasteiger partial charge in [-0.15, -0.1) is 18.2 Å². The van der Waals surface area contributed by atoms with Crippen LogP contribution in [0.1, 0.15) is 0 Å². The molecule has 0 unspecified atom stereocenters.